The molecule has 7 heteroatoms. The zero-order valence-electron chi connectivity index (χ0n) is 12.4. The van der Waals surface area contributed by atoms with Gasteiger partial charge in [0.15, 0.2) is 10.6 Å². The summed E-state index contributed by atoms with van der Waals surface area (Å²) in [7, 11) is 0. The summed E-state index contributed by atoms with van der Waals surface area (Å²) in [6.45, 7) is 6.79. The Morgan fingerprint density at radius 3 is 2.90 bits per heavy atom. The highest BCUT2D eigenvalue weighted by Crippen LogP contribution is 2.25. The number of carbonyl (C=O) groups excluding carboxylic acids is 1. The van der Waals surface area contributed by atoms with Crippen molar-refractivity contribution in [1.82, 2.24) is 20.1 Å². The predicted molar refractivity (Wildman–Crippen MR) is 87.9 cm³/mol. The van der Waals surface area contributed by atoms with Crippen LogP contribution in [0.3, 0.4) is 0 Å². The Morgan fingerprint density at radius 1 is 1.52 bits per heavy atom. The second kappa shape index (κ2) is 7.00. The summed E-state index contributed by atoms with van der Waals surface area (Å²) in [5.41, 5.74) is 0. The number of thiophene rings is 1. The zero-order chi connectivity index (χ0) is 15.4. The number of aromatic amines is 1. The van der Waals surface area contributed by atoms with Crippen molar-refractivity contribution in [2.24, 2.45) is 5.92 Å². The first-order valence-electron chi connectivity index (χ1n) is 6.99. The van der Waals surface area contributed by atoms with Crippen LogP contribution < -0.4 is 5.32 Å². The van der Waals surface area contributed by atoms with E-state index < -0.39 is 0 Å². The molecule has 2 aromatic heterocycles. The van der Waals surface area contributed by atoms with Gasteiger partial charge in [-0.3, -0.25) is 14.5 Å². The fraction of sp³-hybridized carbons (Fsp3) is 0.500. The average Bonchev–Trinajstić information content (AvgIpc) is 3.06. The van der Waals surface area contributed by atoms with Gasteiger partial charge in [0.1, 0.15) is 6.04 Å². The summed E-state index contributed by atoms with van der Waals surface area (Å²) >= 11 is 6.84. The summed E-state index contributed by atoms with van der Waals surface area (Å²) in [5, 5.41) is 12.0. The van der Waals surface area contributed by atoms with Crippen molar-refractivity contribution >= 4 is 29.5 Å². The smallest absolute Gasteiger partial charge is 0.242 e. The molecule has 0 aliphatic rings. The lowest BCUT2D eigenvalue weighted by Gasteiger charge is -2.15. The molecule has 2 N–H and O–H groups in total. The van der Waals surface area contributed by atoms with E-state index in [9.17, 15) is 4.79 Å². The van der Waals surface area contributed by atoms with E-state index in [1.165, 1.54) is 0 Å². The molecule has 0 aliphatic heterocycles. The number of carbonyl (C=O) groups is 1. The summed E-state index contributed by atoms with van der Waals surface area (Å²) in [6.07, 6.45) is 0.965. The molecule has 0 spiro atoms. The van der Waals surface area contributed by atoms with Crippen molar-refractivity contribution in [3.05, 3.63) is 22.3 Å². The SMILES string of the molecule is CC(C)CCNC(=O)[C@@H](C)n1c(-c2cccs2)n[nH]c1=S. The number of hydrogen-bond donors (Lipinski definition) is 2. The zero-order valence-corrected chi connectivity index (χ0v) is 14.1. The number of rotatable bonds is 6. The fourth-order valence-electron chi connectivity index (χ4n) is 1.99. The van der Waals surface area contributed by atoms with Gasteiger partial charge in [0, 0.05) is 6.54 Å². The van der Waals surface area contributed by atoms with Gasteiger partial charge in [0.05, 0.1) is 4.88 Å². The molecule has 2 aromatic rings. The third-order valence-corrected chi connectivity index (χ3v) is 4.39. The Morgan fingerprint density at radius 2 is 2.29 bits per heavy atom. The molecule has 114 valence electrons. The number of H-pyrrole nitrogens is 1. The molecular formula is C14H20N4OS2. The van der Waals surface area contributed by atoms with E-state index in [1.807, 2.05) is 24.4 Å². The molecule has 1 amide bonds. The van der Waals surface area contributed by atoms with Crippen LogP contribution in [0.5, 0.6) is 0 Å². The largest absolute Gasteiger partial charge is 0.354 e. The van der Waals surface area contributed by atoms with E-state index in [4.69, 9.17) is 12.2 Å². The average molecular weight is 324 g/mol. The molecule has 0 saturated heterocycles. The van der Waals surface area contributed by atoms with Gasteiger partial charge in [-0.25, -0.2) is 0 Å². The highest BCUT2D eigenvalue weighted by atomic mass is 32.1. The molecule has 21 heavy (non-hydrogen) atoms. The van der Waals surface area contributed by atoms with Crippen molar-refractivity contribution in [2.45, 2.75) is 33.2 Å². The molecule has 2 rings (SSSR count). The summed E-state index contributed by atoms with van der Waals surface area (Å²) in [6, 6.07) is 3.53. The number of nitrogens with zero attached hydrogens (tertiary/aromatic N) is 2. The Hall–Kier alpha value is -1.47. The third kappa shape index (κ3) is 3.79. The second-order valence-electron chi connectivity index (χ2n) is 5.35. The molecule has 0 fully saturated rings. The number of aromatic nitrogens is 3. The van der Waals surface area contributed by atoms with E-state index >= 15 is 0 Å². The molecule has 0 aromatic carbocycles. The van der Waals surface area contributed by atoms with Crippen LogP contribution in [0.25, 0.3) is 10.7 Å². The number of amides is 1. The van der Waals surface area contributed by atoms with Crippen LogP contribution in [0.4, 0.5) is 0 Å². The first-order chi connectivity index (χ1) is 10.0. The maximum atomic E-state index is 12.3. The van der Waals surface area contributed by atoms with Crippen LogP contribution >= 0.6 is 23.6 Å². The number of hydrogen-bond acceptors (Lipinski definition) is 4. The molecule has 5 nitrogen and oxygen atoms in total. The topological polar surface area (TPSA) is 62.7 Å². The molecule has 0 radical (unpaired) electrons. The monoisotopic (exact) mass is 324 g/mol. The van der Waals surface area contributed by atoms with E-state index in [-0.39, 0.29) is 11.9 Å². The summed E-state index contributed by atoms with van der Waals surface area (Å²) in [4.78, 5) is 13.3. The van der Waals surface area contributed by atoms with Gasteiger partial charge in [-0.15, -0.1) is 11.3 Å². The first-order valence-corrected chi connectivity index (χ1v) is 8.28. The van der Waals surface area contributed by atoms with Crippen molar-refractivity contribution in [3.8, 4) is 10.7 Å². The van der Waals surface area contributed by atoms with Crippen LogP contribution in [0, 0.1) is 10.7 Å². The second-order valence-corrected chi connectivity index (χ2v) is 6.68. The quantitative estimate of drug-likeness (QED) is 0.801. The van der Waals surface area contributed by atoms with Crippen LogP contribution in [-0.4, -0.2) is 27.2 Å². The highest BCUT2D eigenvalue weighted by Gasteiger charge is 2.20. The van der Waals surface area contributed by atoms with E-state index in [0.717, 1.165) is 11.3 Å². The summed E-state index contributed by atoms with van der Waals surface area (Å²) in [5.74, 6) is 1.24. The maximum absolute atomic E-state index is 12.3. The van der Waals surface area contributed by atoms with Crippen molar-refractivity contribution in [3.63, 3.8) is 0 Å². The third-order valence-electron chi connectivity index (χ3n) is 3.23. The van der Waals surface area contributed by atoms with Crippen molar-refractivity contribution in [2.75, 3.05) is 6.54 Å². The Bertz CT molecular complexity index is 642. The van der Waals surface area contributed by atoms with Gasteiger partial charge in [0.25, 0.3) is 0 Å². The molecule has 1 atom stereocenters. The fourth-order valence-corrected chi connectivity index (χ4v) is 2.99. The van der Waals surface area contributed by atoms with Crippen LogP contribution in [-0.2, 0) is 4.79 Å². The Balaban J connectivity index is 2.16. The molecular weight excluding hydrogens is 304 g/mol. The molecule has 0 bridgehead atoms. The predicted octanol–water partition coefficient (Wildman–Crippen LogP) is 3.39. The molecule has 0 unspecified atom stereocenters. The number of nitrogens with one attached hydrogen (secondary N) is 2. The molecule has 2 heterocycles. The summed E-state index contributed by atoms with van der Waals surface area (Å²) < 4.78 is 2.23. The lowest BCUT2D eigenvalue weighted by Crippen LogP contribution is -2.32. The van der Waals surface area contributed by atoms with Gasteiger partial charge >= 0.3 is 0 Å². The highest BCUT2D eigenvalue weighted by molar-refractivity contribution is 7.71. The molecule has 0 saturated carbocycles. The van der Waals surface area contributed by atoms with Gasteiger partial charge in [0.2, 0.25) is 5.91 Å². The van der Waals surface area contributed by atoms with Gasteiger partial charge in [-0.05, 0) is 42.9 Å². The lowest BCUT2D eigenvalue weighted by atomic mass is 10.1. The first kappa shape index (κ1) is 15.9. The van der Waals surface area contributed by atoms with Gasteiger partial charge < -0.3 is 5.32 Å². The maximum Gasteiger partial charge on any atom is 0.242 e. The van der Waals surface area contributed by atoms with Crippen molar-refractivity contribution in [1.29, 1.82) is 0 Å². The van der Waals surface area contributed by atoms with Gasteiger partial charge in [-0.1, -0.05) is 19.9 Å². The normalized spacial score (nSPS) is 12.6. The van der Waals surface area contributed by atoms with Gasteiger partial charge in [-0.2, -0.15) is 5.10 Å². The van der Waals surface area contributed by atoms with E-state index in [1.54, 1.807) is 15.9 Å². The molecule has 0 aliphatic carbocycles. The van der Waals surface area contributed by atoms with Crippen LogP contribution in [0.1, 0.15) is 33.2 Å². The van der Waals surface area contributed by atoms with Crippen LogP contribution in [0.2, 0.25) is 0 Å². The van der Waals surface area contributed by atoms with Crippen LogP contribution in [0.15, 0.2) is 17.5 Å². The minimum atomic E-state index is -0.388. The van der Waals surface area contributed by atoms with Crippen molar-refractivity contribution < 1.29 is 4.79 Å². The standard InChI is InChI=1S/C14H20N4OS2/c1-9(2)6-7-15-13(19)10(3)18-12(16-17-14(18)20)11-5-4-8-21-11/h4-5,8-10H,6-7H2,1-3H3,(H,15,19)(H,17,20)/t10-/m1/s1. The lowest BCUT2D eigenvalue weighted by molar-refractivity contribution is -0.123. The minimum Gasteiger partial charge on any atom is -0.354 e. The Labute approximate surface area is 133 Å². The van der Waals surface area contributed by atoms with E-state index in [0.29, 0.717) is 23.1 Å². The van der Waals surface area contributed by atoms with E-state index in [2.05, 4.69) is 29.4 Å². The Kier molecular flexibility index (Phi) is 5.30. The minimum absolute atomic E-state index is 0.0362.